The highest BCUT2D eigenvalue weighted by molar-refractivity contribution is 6.09. The van der Waals surface area contributed by atoms with E-state index in [-0.39, 0.29) is 17.7 Å². The van der Waals surface area contributed by atoms with Gasteiger partial charge in [0.15, 0.2) is 11.9 Å². The van der Waals surface area contributed by atoms with Crippen molar-refractivity contribution in [1.82, 2.24) is 20.6 Å². The highest BCUT2D eigenvalue weighted by Crippen LogP contribution is 2.19. The number of aromatic nitrogens is 1. The Labute approximate surface area is 187 Å². The number of nitrogens with one attached hydrogen (secondary N) is 3. The topological polar surface area (TPSA) is 88.1 Å². The number of hydrogen-bond acceptors (Lipinski definition) is 4. The zero-order valence-corrected chi connectivity index (χ0v) is 18.2. The van der Waals surface area contributed by atoms with E-state index in [0.29, 0.717) is 12.0 Å². The van der Waals surface area contributed by atoms with Gasteiger partial charge in [-0.15, -0.1) is 0 Å². The first kappa shape index (κ1) is 21.6. The molecule has 6 heteroatoms. The lowest BCUT2D eigenvalue weighted by Crippen LogP contribution is -2.46. The Morgan fingerprint density at radius 3 is 2.59 bits per heavy atom. The van der Waals surface area contributed by atoms with Crippen molar-refractivity contribution in [1.29, 1.82) is 0 Å². The smallest absolute Gasteiger partial charge is 0.319 e. The first-order valence-electron chi connectivity index (χ1n) is 11.1. The number of Topliss-reactive ketones (excluding diaryl/α,β-unsaturated/α-hetero) is 1. The second kappa shape index (κ2) is 10.1. The fourth-order valence-electron chi connectivity index (χ4n) is 3.95. The number of para-hydroxylation sites is 1. The number of fused-ring (bicyclic) bond motifs is 1. The molecule has 4 rings (SSSR count). The number of amides is 1. The summed E-state index contributed by atoms with van der Waals surface area (Å²) in [5.41, 5.74) is 3.53. The number of benzene rings is 2. The predicted octanol–water partition coefficient (Wildman–Crippen LogP) is 4.14. The van der Waals surface area contributed by atoms with Gasteiger partial charge in [-0.2, -0.15) is 0 Å². The molecule has 2 aromatic carbocycles. The summed E-state index contributed by atoms with van der Waals surface area (Å²) < 4.78 is 0. The molecule has 0 saturated heterocycles. The van der Waals surface area contributed by atoms with Crippen LogP contribution >= 0.6 is 0 Å². The van der Waals surface area contributed by atoms with E-state index in [9.17, 15) is 9.59 Å². The first-order chi connectivity index (χ1) is 15.6. The quantitative estimate of drug-likeness (QED) is 0.424. The predicted molar refractivity (Wildman–Crippen MR) is 128 cm³/mol. The van der Waals surface area contributed by atoms with E-state index < -0.39 is 0 Å². The molecule has 0 aliphatic carbocycles. The Hall–Kier alpha value is -3.67. The average Bonchev–Trinajstić information content (AvgIpc) is 3.46. The molecule has 6 nitrogen and oxygen atoms in total. The molecule has 2 heterocycles. The van der Waals surface area contributed by atoms with Crippen LogP contribution in [-0.4, -0.2) is 28.6 Å². The second-order valence-corrected chi connectivity index (χ2v) is 8.12. The van der Waals surface area contributed by atoms with Crippen molar-refractivity contribution in [3.63, 3.8) is 0 Å². The van der Waals surface area contributed by atoms with E-state index in [1.165, 1.54) is 0 Å². The molecule has 0 spiro atoms. The van der Waals surface area contributed by atoms with Crippen LogP contribution in [0.4, 0.5) is 0 Å². The Balaban J connectivity index is 1.45. The summed E-state index contributed by atoms with van der Waals surface area (Å²) in [6.07, 6.45) is 7.61. The molecule has 32 heavy (non-hydrogen) atoms. The van der Waals surface area contributed by atoms with Crippen molar-refractivity contribution in [3.05, 3.63) is 78.1 Å². The van der Waals surface area contributed by atoms with Crippen LogP contribution in [0, 0.1) is 0 Å². The van der Waals surface area contributed by atoms with Crippen molar-refractivity contribution >= 4 is 34.1 Å². The number of unbranched alkanes of at least 4 members (excludes halogenated alkanes) is 2. The fourth-order valence-corrected chi connectivity index (χ4v) is 3.95. The lowest BCUT2D eigenvalue weighted by atomic mass is 10.0. The summed E-state index contributed by atoms with van der Waals surface area (Å²) in [7, 11) is 0. The molecule has 1 radical (unpaired) electrons. The molecule has 1 aliphatic heterocycles. The lowest BCUT2D eigenvalue weighted by Gasteiger charge is -2.15. The van der Waals surface area contributed by atoms with E-state index in [1.807, 2.05) is 60.8 Å². The molecule has 1 amide bonds. The molecule has 1 atom stereocenters. The van der Waals surface area contributed by atoms with Crippen molar-refractivity contribution < 1.29 is 9.59 Å². The largest absolute Gasteiger partial charge is 0.360 e. The number of amidine groups is 1. The van der Waals surface area contributed by atoms with Gasteiger partial charge in [0.1, 0.15) is 11.8 Å². The molecule has 1 aromatic heterocycles. The average molecular weight is 429 g/mol. The molecule has 0 saturated carbocycles. The number of hydrogen-bond donors (Lipinski definition) is 3. The molecular weight excluding hydrogens is 400 g/mol. The number of aliphatic imine (C=N–C) groups is 1. The maximum Gasteiger partial charge on any atom is 0.319 e. The number of aromatic amines is 1. The van der Waals surface area contributed by atoms with Crippen molar-refractivity contribution in [2.45, 2.75) is 45.1 Å². The summed E-state index contributed by atoms with van der Waals surface area (Å²) in [5, 5.41) is 7.46. The van der Waals surface area contributed by atoms with Gasteiger partial charge < -0.3 is 15.1 Å². The Bertz CT molecular complexity index is 1160. The minimum Gasteiger partial charge on any atom is -0.360 e. The van der Waals surface area contributed by atoms with Gasteiger partial charge in [0.25, 0.3) is 5.91 Å². The molecule has 163 valence electrons. The fraction of sp³-hybridized carbons (Fsp3) is 0.269. The molecule has 0 bridgehead atoms. The van der Waals surface area contributed by atoms with Crippen molar-refractivity contribution in [2.24, 2.45) is 0 Å². The van der Waals surface area contributed by atoms with Crippen LogP contribution < -0.4 is 15.6 Å². The standard InChI is InChI=1S/C26H28N4O2/c1-18(31)10-4-2-7-15-23(25-28-17-24(29-25)19-11-5-3-6-12-19)30-26(32)21-16-27-22-14-9-8-13-20(21)22/h3,5-6,8-9,11-14,16-17,23,27,29H,2,4,7,10,15H2,1H3,(H,30,32)/q+1/t23-/m0/s1. The molecule has 0 fully saturated rings. The highest BCUT2D eigenvalue weighted by atomic mass is 16.1. The second-order valence-electron chi connectivity index (χ2n) is 8.12. The SMILES string of the molecule is CC(=O)CCCCC[C@H](NC(=O)c1c[nH]c2ccccc12)C1=[N+]C=C(c2ccccc2)N1. The minimum atomic E-state index is -0.244. The van der Waals surface area contributed by atoms with E-state index in [0.717, 1.165) is 53.7 Å². The third kappa shape index (κ3) is 5.14. The van der Waals surface area contributed by atoms with Gasteiger partial charge in [0.2, 0.25) is 0 Å². The van der Waals surface area contributed by atoms with Gasteiger partial charge in [-0.3, -0.25) is 4.79 Å². The Morgan fingerprint density at radius 1 is 1.00 bits per heavy atom. The van der Waals surface area contributed by atoms with E-state index in [2.05, 4.69) is 20.6 Å². The normalized spacial score (nSPS) is 13.9. The van der Waals surface area contributed by atoms with E-state index in [1.54, 1.807) is 13.1 Å². The molecule has 1 aliphatic rings. The highest BCUT2D eigenvalue weighted by Gasteiger charge is 2.31. The molecular formula is C26H28N4O2+. The van der Waals surface area contributed by atoms with Gasteiger partial charge in [-0.1, -0.05) is 61.4 Å². The van der Waals surface area contributed by atoms with Gasteiger partial charge in [0, 0.05) is 29.1 Å². The van der Waals surface area contributed by atoms with Crippen LogP contribution in [-0.2, 0) is 4.79 Å². The molecule has 3 aromatic rings. The zero-order chi connectivity index (χ0) is 22.3. The maximum atomic E-state index is 13.1. The van der Waals surface area contributed by atoms with Gasteiger partial charge in [-0.25, -0.2) is 5.32 Å². The van der Waals surface area contributed by atoms with Gasteiger partial charge in [0.05, 0.1) is 5.56 Å². The first-order valence-corrected chi connectivity index (χ1v) is 11.1. The number of carbonyl (C=O) groups excluding carboxylic acids is 2. The molecule has 0 unspecified atom stereocenters. The number of rotatable bonds is 10. The van der Waals surface area contributed by atoms with Gasteiger partial charge in [-0.05, 0) is 30.8 Å². The summed E-state index contributed by atoms with van der Waals surface area (Å²) in [6.45, 7) is 1.62. The Morgan fingerprint density at radius 2 is 1.78 bits per heavy atom. The number of nitrogens with zero attached hydrogens (tertiary/aromatic N) is 1. The lowest BCUT2D eigenvalue weighted by molar-refractivity contribution is -0.117. The third-order valence-electron chi connectivity index (χ3n) is 5.67. The monoisotopic (exact) mass is 428 g/mol. The van der Waals surface area contributed by atoms with Crippen LogP contribution in [0.5, 0.6) is 0 Å². The van der Waals surface area contributed by atoms with E-state index >= 15 is 0 Å². The maximum absolute atomic E-state index is 13.1. The summed E-state index contributed by atoms with van der Waals surface area (Å²) >= 11 is 0. The van der Waals surface area contributed by atoms with Gasteiger partial charge >= 0.3 is 5.84 Å². The summed E-state index contributed by atoms with van der Waals surface area (Å²) in [5.74, 6) is 0.824. The zero-order valence-electron chi connectivity index (χ0n) is 18.2. The van der Waals surface area contributed by atoms with Crippen LogP contribution in [0.2, 0.25) is 0 Å². The van der Waals surface area contributed by atoms with E-state index in [4.69, 9.17) is 0 Å². The van der Waals surface area contributed by atoms with Crippen molar-refractivity contribution in [3.8, 4) is 0 Å². The van der Waals surface area contributed by atoms with Crippen LogP contribution in [0.3, 0.4) is 0 Å². The minimum absolute atomic E-state index is 0.131. The number of ketones is 1. The molecule has 3 N–H and O–H groups in total. The third-order valence-corrected chi connectivity index (χ3v) is 5.67. The number of H-pyrrole nitrogens is 1. The van der Waals surface area contributed by atoms with Crippen LogP contribution in [0.25, 0.3) is 16.6 Å². The van der Waals surface area contributed by atoms with Crippen LogP contribution in [0.1, 0.15) is 54.9 Å². The summed E-state index contributed by atoms with van der Waals surface area (Å²) in [4.78, 5) is 32.1. The Kier molecular flexibility index (Phi) is 6.80. The summed E-state index contributed by atoms with van der Waals surface area (Å²) in [6, 6.07) is 17.5. The van der Waals surface area contributed by atoms with Crippen molar-refractivity contribution in [2.75, 3.05) is 0 Å². The van der Waals surface area contributed by atoms with Crippen LogP contribution in [0.15, 0.2) is 67.0 Å². The number of carbonyl (C=O) groups is 2.